The molecular formula is C20H18N2O5. The molecule has 7 nitrogen and oxygen atoms in total. The van der Waals surface area contributed by atoms with Gasteiger partial charge in [-0.2, -0.15) is 0 Å². The summed E-state index contributed by atoms with van der Waals surface area (Å²) < 4.78 is 27.2. The maximum absolute atomic E-state index is 5.64. The fraction of sp³-hybridized carbons (Fsp3) is 0.200. The Morgan fingerprint density at radius 2 is 1.33 bits per heavy atom. The molecule has 2 heterocycles. The number of fused-ring (bicyclic) bond motifs is 2. The van der Waals surface area contributed by atoms with Crippen molar-refractivity contribution in [1.82, 2.24) is 10.1 Å². The second-order valence-electron chi connectivity index (χ2n) is 5.82. The minimum atomic E-state index is 0.545. The van der Waals surface area contributed by atoms with Crippen molar-refractivity contribution in [2.75, 3.05) is 28.4 Å². The average molecular weight is 366 g/mol. The lowest BCUT2D eigenvalue weighted by Gasteiger charge is -2.11. The number of methoxy groups -OCH3 is 4. The molecule has 138 valence electrons. The lowest BCUT2D eigenvalue weighted by atomic mass is 10.0. The molecule has 0 aliphatic carbocycles. The van der Waals surface area contributed by atoms with E-state index in [2.05, 4.69) is 10.1 Å². The van der Waals surface area contributed by atoms with Crippen molar-refractivity contribution in [2.24, 2.45) is 0 Å². The van der Waals surface area contributed by atoms with Crippen molar-refractivity contribution in [2.45, 2.75) is 0 Å². The van der Waals surface area contributed by atoms with E-state index in [1.807, 2.05) is 24.3 Å². The van der Waals surface area contributed by atoms with Crippen LogP contribution in [0, 0.1) is 0 Å². The van der Waals surface area contributed by atoms with Gasteiger partial charge < -0.3 is 23.5 Å². The van der Waals surface area contributed by atoms with Crippen LogP contribution >= 0.6 is 0 Å². The molecule has 0 saturated carbocycles. The Morgan fingerprint density at radius 1 is 0.741 bits per heavy atom. The number of hydrogen-bond donors (Lipinski definition) is 0. The molecule has 0 fully saturated rings. The number of ether oxygens (including phenoxy) is 4. The summed E-state index contributed by atoms with van der Waals surface area (Å²) in [4.78, 5) is 4.53. The second kappa shape index (κ2) is 6.68. The zero-order chi connectivity index (χ0) is 19.0. The van der Waals surface area contributed by atoms with Gasteiger partial charge in [0.05, 0.1) is 33.8 Å². The molecule has 0 saturated heterocycles. The molecule has 0 N–H and O–H groups in total. The van der Waals surface area contributed by atoms with Crippen molar-refractivity contribution in [3.63, 3.8) is 0 Å². The molecule has 0 unspecified atom stereocenters. The van der Waals surface area contributed by atoms with Gasteiger partial charge in [0, 0.05) is 17.6 Å². The summed E-state index contributed by atoms with van der Waals surface area (Å²) in [5.74, 6) is 2.98. The van der Waals surface area contributed by atoms with Crippen LogP contribution < -0.4 is 18.9 Å². The first-order chi connectivity index (χ1) is 13.2. The zero-order valence-electron chi connectivity index (χ0n) is 15.4. The van der Waals surface area contributed by atoms with Crippen molar-refractivity contribution >= 4 is 21.7 Å². The topological polar surface area (TPSA) is 75.8 Å². The van der Waals surface area contributed by atoms with E-state index in [1.54, 1.807) is 40.7 Å². The monoisotopic (exact) mass is 366 g/mol. The van der Waals surface area contributed by atoms with Crippen LogP contribution in [0.1, 0.15) is 0 Å². The first kappa shape index (κ1) is 17.0. The van der Waals surface area contributed by atoms with Crippen LogP contribution in [-0.4, -0.2) is 38.6 Å². The van der Waals surface area contributed by atoms with Crippen molar-refractivity contribution in [3.05, 3.63) is 36.5 Å². The highest BCUT2D eigenvalue weighted by Gasteiger charge is 2.19. The quantitative estimate of drug-likeness (QED) is 0.527. The summed E-state index contributed by atoms with van der Waals surface area (Å²) in [6.45, 7) is 0. The molecule has 4 rings (SSSR count). The first-order valence-corrected chi connectivity index (χ1v) is 8.22. The van der Waals surface area contributed by atoms with Crippen LogP contribution in [-0.2, 0) is 0 Å². The predicted octanol–water partition coefficient (Wildman–Crippen LogP) is 4.08. The molecule has 0 aliphatic heterocycles. The Balaban J connectivity index is 1.99. The van der Waals surface area contributed by atoms with E-state index >= 15 is 0 Å². The molecule has 2 aromatic heterocycles. The third-order valence-electron chi connectivity index (χ3n) is 4.47. The molecule has 4 aromatic rings. The molecule has 27 heavy (non-hydrogen) atoms. The van der Waals surface area contributed by atoms with Crippen LogP contribution in [0.2, 0.25) is 0 Å². The Labute approximate surface area is 155 Å². The third-order valence-corrected chi connectivity index (χ3v) is 4.47. The minimum absolute atomic E-state index is 0.545. The summed E-state index contributed by atoms with van der Waals surface area (Å²) in [5, 5.41) is 6.75. The molecule has 0 spiro atoms. The Hall–Kier alpha value is -3.48. The number of hydrogen-bond acceptors (Lipinski definition) is 7. The lowest BCUT2D eigenvalue weighted by Crippen LogP contribution is -1.93. The van der Waals surface area contributed by atoms with Gasteiger partial charge in [0.25, 0.3) is 0 Å². The van der Waals surface area contributed by atoms with E-state index in [-0.39, 0.29) is 0 Å². The van der Waals surface area contributed by atoms with Gasteiger partial charge in [0.2, 0.25) is 0 Å². The van der Waals surface area contributed by atoms with E-state index in [4.69, 9.17) is 23.5 Å². The summed E-state index contributed by atoms with van der Waals surface area (Å²) >= 11 is 0. The first-order valence-electron chi connectivity index (χ1n) is 8.22. The zero-order valence-corrected chi connectivity index (χ0v) is 15.4. The maximum Gasteiger partial charge on any atom is 0.193 e. The largest absolute Gasteiger partial charge is 0.493 e. The standard InChI is InChI=1S/C20H18N2O5/c1-23-15-7-11-5-6-21-19(12(11)8-16(15)24-2)20-13-9-17(25-3)18(26-4)10-14(13)22-27-20/h5-10H,1-4H3. The van der Waals surface area contributed by atoms with E-state index in [0.717, 1.165) is 16.2 Å². The molecule has 0 radical (unpaired) electrons. The van der Waals surface area contributed by atoms with Crippen LogP contribution in [0.3, 0.4) is 0 Å². The lowest BCUT2D eigenvalue weighted by molar-refractivity contribution is 0.355. The van der Waals surface area contributed by atoms with Crippen LogP contribution in [0.25, 0.3) is 33.1 Å². The predicted molar refractivity (Wildman–Crippen MR) is 101 cm³/mol. The summed E-state index contributed by atoms with van der Waals surface area (Å²) in [7, 11) is 6.37. The summed E-state index contributed by atoms with van der Waals surface area (Å²) in [6, 6.07) is 9.30. The van der Waals surface area contributed by atoms with Gasteiger partial charge in [-0.15, -0.1) is 0 Å². The van der Waals surface area contributed by atoms with Gasteiger partial charge in [-0.05, 0) is 29.7 Å². The van der Waals surface area contributed by atoms with E-state index in [9.17, 15) is 0 Å². The van der Waals surface area contributed by atoms with Gasteiger partial charge in [-0.25, -0.2) is 0 Å². The van der Waals surface area contributed by atoms with Crippen molar-refractivity contribution < 1.29 is 23.5 Å². The molecule has 0 amide bonds. The van der Waals surface area contributed by atoms with Crippen LogP contribution in [0.5, 0.6) is 23.0 Å². The number of nitrogens with zero attached hydrogens (tertiary/aromatic N) is 2. The smallest absolute Gasteiger partial charge is 0.193 e. The Bertz CT molecular complexity index is 1140. The van der Waals surface area contributed by atoms with Gasteiger partial charge in [-0.1, -0.05) is 5.16 Å². The number of aromatic nitrogens is 2. The summed E-state index contributed by atoms with van der Waals surface area (Å²) in [5.41, 5.74) is 1.31. The van der Waals surface area contributed by atoms with E-state index < -0.39 is 0 Å². The van der Waals surface area contributed by atoms with Gasteiger partial charge in [-0.3, -0.25) is 4.98 Å². The molecule has 0 atom stereocenters. The molecule has 0 aliphatic rings. The average Bonchev–Trinajstić information content (AvgIpc) is 3.13. The summed E-state index contributed by atoms with van der Waals surface area (Å²) in [6.07, 6.45) is 1.72. The fourth-order valence-electron chi connectivity index (χ4n) is 3.12. The van der Waals surface area contributed by atoms with Gasteiger partial charge in [0.1, 0.15) is 11.2 Å². The second-order valence-corrected chi connectivity index (χ2v) is 5.82. The maximum atomic E-state index is 5.64. The third kappa shape index (κ3) is 2.68. The fourth-order valence-corrected chi connectivity index (χ4v) is 3.12. The molecular weight excluding hydrogens is 348 g/mol. The highest BCUT2D eigenvalue weighted by molar-refractivity contribution is 6.02. The minimum Gasteiger partial charge on any atom is -0.493 e. The van der Waals surface area contributed by atoms with Crippen molar-refractivity contribution in [3.8, 4) is 34.5 Å². The highest BCUT2D eigenvalue weighted by atomic mass is 16.5. The van der Waals surface area contributed by atoms with Crippen LogP contribution in [0.15, 0.2) is 41.1 Å². The van der Waals surface area contributed by atoms with E-state index in [1.165, 1.54) is 0 Å². The molecule has 2 aromatic carbocycles. The van der Waals surface area contributed by atoms with Gasteiger partial charge in [0.15, 0.2) is 28.8 Å². The normalized spacial score (nSPS) is 11.0. The SMILES string of the molecule is COc1cc2ccnc(-c3onc4cc(OC)c(OC)cc34)c2cc1OC. The Morgan fingerprint density at radius 3 is 2.00 bits per heavy atom. The van der Waals surface area contributed by atoms with Crippen LogP contribution in [0.4, 0.5) is 0 Å². The molecule has 7 heteroatoms. The molecule has 0 bridgehead atoms. The highest BCUT2D eigenvalue weighted by Crippen LogP contribution is 2.40. The van der Waals surface area contributed by atoms with Gasteiger partial charge >= 0.3 is 0 Å². The number of benzene rings is 2. The number of rotatable bonds is 5. The van der Waals surface area contributed by atoms with E-state index in [0.29, 0.717) is 40.0 Å². The number of pyridine rings is 1. The Kier molecular flexibility index (Phi) is 4.19. The van der Waals surface area contributed by atoms with Crippen molar-refractivity contribution in [1.29, 1.82) is 0 Å².